The lowest BCUT2D eigenvalue weighted by Gasteiger charge is -2.03. The number of rotatable bonds is 2. The zero-order chi connectivity index (χ0) is 15.1. The molecule has 0 spiro atoms. The number of furan rings is 1. The van der Waals surface area contributed by atoms with Crippen molar-refractivity contribution < 1.29 is 4.42 Å². The van der Waals surface area contributed by atoms with Crippen LogP contribution in [0.15, 0.2) is 53.1 Å². The van der Waals surface area contributed by atoms with E-state index in [1.54, 1.807) is 18.4 Å². The minimum absolute atomic E-state index is 0.212. The van der Waals surface area contributed by atoms with Crippen molar-refractivity contribution in [2.24, 2.45) is 0 Å². The monoisotopic (exact) mass is 311 g/mol. The van der Waals surface area contributed by atoms with E-state index in [4.69, 9.17) is 21.8 Å². The summed E-state index contributed by atoms with van der Waals surface area (Å²) in [6.07, 6.45) is 1.56. The molecule has 0 atom stereocenters. The topological polar surface area (TPSA) is 82.2 Å². The Morgan fingerprint density at radius 2 is 1.86 bits per heavy atom. The molecule has 0 amide bonds. The number of aromatic nitrogens is 4. The van der Waals surface area contributed by atoms with Gasteiger partial charge in [0.2, 0.25) is 5.95 Å². The molecular weight excluding hydrogens is 302 g/mol. The molecule has 0 bridgehead atoms. The second-order valence-corrected chi connectivity index (χ2v) is 5.02. The van der Waals surface area contributed by atoms with E-state index >= 15 is 0 Å². The second kappa shape index (κ2) is 4.85. The maximum Gasteiger partial charge on any atom is 0.225 e. The summed E-state index contributed by atoms with van der Waals surface area (Å²) in [6, 6.07) is 13.1. The lowest BCUT2D eigenvalue weighted by Crippen LogP contribution is -2.05. The Kier molecular flexibility index (Phi) is 2.83. The van der Waals surface area contributed by atoms with Gasteiger partial charge in [0.15, 0.2) is 17.2 Å². The number of nitrogens with zero attached hydrogens (tertiary/aromatic N) is 4. The molecule has 1 aromatic carbocycles. The van der Waals surface area contributed by atoms with Crippen LogP contribution in [0.3, 0.4) is 0 Å². The van der Waals surface area contributed by atoms with Gasteiger partial charge in [-0.3, -0.25) is 0 Å². The summed E-state index contributed by atoms with van der Waals surface area (Å²) in [5.74, 6) is 1.26. The van der Waals surface area contributed by atoms with Gasteiger partial charge in [-0.15, -0.1) is 0 Å². The average Bonchev–Trinajstić information content (AvgIpc) is 3.17. The van der Waals surface area contributed by atoms with Gasteiger partial charge >= 0.3 is 0 Å². The first-order valence-electron chi connectivity index (χ1n) is 6.55. The highest BCUT2D eigenvalue weighted by Crippen LogP contribution is 2.31. The molecule has 0 aliphatic rings. The van der Waals surface area contributed by atoms with E-state index in [1.165, 1.54) is 4.52 Å². The molecule has 0 aliphatic heterocycles. The number of halogens is 1. The summed E-state index contributed by atoms with van der Waals surface area (Å²) in [4.78, 5) is 8.76. The van der Waals surface area contributed by atoms with Gasteiger partial charge in [-0.05, 0) is 12.1 Å². The number of hydrogen-bond acceptors (Lipinski definition) is 5. The fourth-order valence-corrected chi connectivity index (χ4v) is 2.47. The highest BCUT2D eigenvalue weighted by molar-refractivity contribution is 6.36. The highest BCUT2D eigenvalue weighted by Gasteiger charge is 2.19. The SMILES string of the molecule is Nc1nc(-c2ccccc2)nc2c(Cl)c(-c3ccco3)nn12. The van der Waals surface area contributed by atoms with Crippen LogP contribution >= 0.6 is 11.6 Å². The molecule has 7 heteroatoms. The van der Waals surface area contributed by atoms with Crippen LogP contribution in [0.5, 0.6) is 0 Å². The lowest BCUT2D eigenvalue weighted by molar-refractivity contribution is 0.579. The quantitative estimate of drug-likeness (QED) is 0.614. The summed E-state index contributed by atoms with van der Waals surface area (Å²) < 4.78 is 6.74. The third-order valence-corrected chi connectivity index (χ3v) is 3.59. The molecule has 0 saturated heterocycles. The maximum absolute atomic E-state index is 6.39. The van der Waals surface area contributed by atoms with Crippen molar-refractivity contribution in [1.82, 2.24) is 19.6 Å². The Labute approximate surface area is 130 Å². The fourth-order valence-electron chi connectivity index (χ4n) is 2.21. The van der Waals surface area contributed by atoms with Crippen molar-refractivity contribution in [3.63, 3.8) is 0 Å². The second-order valence-electron chi connectivity index (χ2n) is 4.65. The first-order chi connectivity index (χ1) is 10.7. The van der Waals surface area contributed by atoms with Crippen LogP contribution in [0, 0.1) is 0 Å². The van der Waals surface area contributed by atoms with Crippen molar-refractivity contribution >= 4 is 23.2 Å². The fraction of sp³-hybridized carbons (Fsp3) is 0. The van der Waals surface area contributed by atoms with Gasteiger partial charge in [-0.1, -0.05) is 41.9 Å². The third kappa shape index (κ3) is 1.93. The number of nitrogens with two attached hydrogens (primary N) is 1. The number of benzene rings is 1. The van der Waals surface area contributed by atoms with E-state index in [1.807, 2.05) is 30.3 Å². The molecular formula is C15H10ClN5O. The van der Waals surface area contributed by atoms with Gasteiger partial charge in [-0.25, -0.2) is 4.98 Å². The molecule has 2 N–H and O–H groups in total. The largest absolute Gasteiger partial charge is 0.463 e. The van der Waals surface area contributed by atoms with E-state index in [-0.39, 0.29) is 5.95 Å². The molecule has 6 nitrogen and oxygen atoms in total. The van der Waals surface area contributed by atoms with E-state index in [0.29, 0.717) is 27.9 Å². The summed E-state index contributed by atoms with van der Waals surface area (Å²) in [7, 11) is 0. The third-order valence-electron chi connectivity index (χ3n) is 3.24. The van der Waals surface area contributed by atoms with Gasteiger partial charge in [0.05, 0.1) is 6.26 Å². The standard InChI is InChI=1S/C15H10ClN5O/c16-11-12(10-7-4-8-22-10)20-21-14(11)18-13(19-15(21)17)9-5-2-1-3-6-9/h1-8H,(H2,17,18,19). The molecule has 0 aliphatic carbocycles. The van der Waals surface area contributed by atoms with Gasteiger partial charge in [-0.2, -0.15) is 14.6 Å². The average molecular weight is 312 g/mol. The molecule has 4 aromatic rings. The molecule has 0 fully saturated rings. The van der Waals surface area contributed by atoms with Crippen molar-refractivity contribution in [3.05, 3.63) is 53.8 Å². The Hall–Kier alpha value is -2.86. The summed E-state index contributed by atoms with van der Waals surface area (Å²) in [5.41, 5.74) is 7.77. The Bertz CT molecular complexity index is 947. The van der Waals surface area contributed by atoms with Crippen LogP contribution < -0.4 is 5.73 Å². The van der Waals surface area contributed by atoms with E-state index in [2.05, 4.69) is 15.1 Å². The Balaban J connectivity index is 1.97. The molecule has 3 aromatic heterocycles. The van der Waals surface area contributed by atoms with Gasteiger partial charge in [0.1, 0.15) is 10.7 Å². The molecule has 3 heterocycles. The van der Waals surface area contributed by atoms with Crippen LogP contribution in [0.1, 0.15) is 0 Å². The number of hydrogen-bond donors (Lipinski definition) is 1. The Morgan fingerprint density at radius 1 is 1.05 bits per heavy atom. The molecule has 4 rings (SSSR count). The van der Waals surface area contributed by atoms with Crippen molar-refractivity contribution in [1.29, 1.82) is 0 Å². The summed E-state index contributed by atoms with van der Waals surface area (Å²) in [6.45, 7) is 0. The normalized spacial score (nSPS) is 11.1. The van der Waals surface area contributed by atoms with Crippen molar-refractivity contribution in [3.8, 4) is 22.8 Å². The van der Waals surface area contributed by atoms with E-state index in [0.717, 1.165) is 5.56 Å². The van der Waals surface area contributed by atoms with Gasteiger partial charge in [0.25, 0.3) is 0 Å². The zero-order valence-corrected chi connectivity index (χ0v) is 12.0. The van der Waals surface area contributed by atoms with E-state index in [9.17, 15) is 0 Å². The summed E-state index contributed by atoms with van der Waals surface area (Å²) in [5, 5.41) is 4.71. The molecule has 0 radical (unpaired) electrons. The summed E-state index contributed by atoms with van der Waals surface area (Å²) >= 11 is 6.39. The first kappa shape index (κ1) is 12.8. The first-order valence-corrected chi connectivity index (χ1v) is 6.93. The molecule has 0 saturated carbocycles. The van der Waals surface area contributed by atoms with Crippen LogP contribution in [0.2, 0.25) is 5.02 Å². The maximum atomic E-state index is 6.39. The van der Waals surface area contributed by atoms with Crippen LogP contribution in [0.4, 0.5) is 5.95 Å². The smallest absolute Gasteiger partial charge is 0.225 e. The van der Waals surface area contributed by atoms with Crippen LogP contribution in [0.25, 0.3) is 28.5 Å². The predicted octanol–water partition coefficient (Wildman–Crippen LogP) is 3.29. The minimum Gasteiger partial charge on any atom is -0.463 e. The van der Waals surface area contributed by atoms with Gasteiger partial charge in [0, 0.05) is 5.56 Å². The minimum atomic E-state index is 0.212. The molecule has 108 valence electrons. The lowest BCUT2D eigenvalue weighted by atomic mass is 10.2. The molecule has 22 heavy (non-hydrogen) atoms. The Morgan fingerprint density at radius 3 is 2.59 bits per heavy atom. The van der Waals surface area contributed by atoms with Gasteiger partial charge < -0.3 is 10.2 Å². The predicted molar refractivity (Wildman–Crippen MR) is 83.3 cm³/mol. The van der Waals surface area contributed by atoms with Crippen molar-refractivity contribution in [2.75, 3.05) is 5.73 Å². The number of nitrogen functional groups attached to an aromatic ring is 1. The van der Waals surface area contributed by atoms with Crippen LogP contribution in [-0.4, -0.2) is 19.6 Å². The molecule has 0 unspecified atom stereocenters. The van der Waals surface area contributed by atoms with Crippen molar-refractivity contribution in [2.45, 2.75) is 0 Å². The highest BCUT2D eigenvalue weighted by atomic mass is 35.5. The van der Waals surface area contributed by atoms with Crippen LogP contribution in [-0.2, 0) is 0 Å². The number of fused-ring (bicyclic) bond motifs is 1. The van der Waals surface area contributed by atoms with E-state index < -0.39 is 0 Å². The number of anilines is 1. The zero-order valence-electron chi connectivity index (χ0n) is 11.3.